The van der Waals surface area contributed by atoms with Crippen LogP contribution in [0.3, 0.4) is 0 Å². The third-order valence-corrected chi connectivity index (χ3v) is 4.54. The summed E-state index contributed by atoms with van der Waals surface area (Å²) in [5.74, 6) is 0.731. The SMILES string of the molecule is Cc1nc(C)c([C@H](C)NC(=O)NCc2c(C)noc2C)s1. The van der Waals surface area contributed by atoms with E-state index in [2.05, 4.69) is 20.8 Å². The minimum absolute atomic E-state index is 0.0686. The van der Waals surface area contributed by atoms with E-state index in [0.717, 1.165) is 32.6 Å². The van der Waals surface area contributed by atoms with Crippen LogP contribution in [0, 0.1) is 27.7 Å². The average Bonchev–Trinajstić information content (AvgIpc) is 2.90. The zero-order valence-corrected chi connectivity index (χ0v) is 13.7. The molecule has 6 nitrogen and oxygen atoms in total. The molecule has 2 aromatic rings. The highest BCUT2D eigenvalue weighted by molar-refractivity contribution is 7.11. The third kappa shape index (κ3) is 3.60. The summed E-state index contributed by atoms with van der Waals surface area (Å²) in [5.41, 5.74) is 2.69. The molecule has 2 rings (SSSR count). The number of rotatable bonds is 4. The molecule has 0 aliphatic rings. The van der Waals surface area contributed by atoms with Gasteiger partial charge in [0.1, 0.15) is 5.76 Å². The molecule has 1 atom stereocenters. The van der Waals surface area contributed by atoms with Crippen molar-refractivity contribution in [3.8, 4) is 0 Å². The molecule has 0 saturated carbocycles. The van der Waals surface area contributed by atoms with Crippen LogP contribution in [-0.4, -0.2) is 16.2 Å². The number of carbonyl (C=O) groups excluding carboxylic acids is 1. The third-order valence-electron chi connectivity index (χ3n) is 3.29. The van der Waals surface area contributed by atoms with Crippen molar-refractivity contribution in [1.82, 2.24) is 20.8 Å². The summed E-state index contributed by atoms with van der Waals surface area (Å²) in [6.45, 7) is 9.97. The molecule has 0 fully saturated rings. The monoisotopic (exact) mass is 308 g/mol. The van der Waals surface area contributed by atoms with Crippen LogP contribution in [0.4, 0.5) is 4.79 Å². The lowest BCUT2D eigenvalue weighted by atomic mass is 10.2. The van der Waals surface area contributed by atoms with E-state index in [1.54, 1.807) is 11.3 Å². The van der Waals surface area contributed by atoms with E-state index in [4.69, 9.17) is 4.52 Å². The molecule has 114 valence electrons. The van der Waals surface area contributed by atoms with Crippen LogP contribution in [0.2, 0.25) is 0 Å². The number of nitrogens with zero attached hydrogens (tertiary/aromatic N) is 2. The molecule has 0 aliphatic carbocycles. The van der Waals surface area contributed by atoms with E-state index in [1.807, 2.05) is 34.6 Å². The Kier molecular flexibility index (Phi) is 4.62. The molecule has 0 unspecified atom stereocenters. The number of amides is 2. The van der Waals surface area contributed by atoms with Gasteiger partial charge in [-0.15, -0.1) is 11.3 Å². The van der Waals surface area contributed by atoms with Crippen molar-refractivity contribution in [2.24, 2.45) is 0 Å². The Morgan fingerprint density at radius 1 is 1.29 bits per heavy atom. The van der Waals surface area contributed by atoms with Gasteiger partial charge in [-0.3, -0.25) is 0 Å². The first-order valence-corrected chi connectivity index (χ1v) is 7.60. The zero-order chi connectivity index (χ0) is 15.6. The van der Waals surface area contributed by atoms with Gasteiger partial charge in [-0.25, -0.2) is 9.78 Å². The minimum Gasteiger partial charge on any atom is -0.361 e. The van der Waals surface area contributed by atoms with Crippen LogP contribution in [0.5, 0.6) is 0 Å². The van der Waals surface area contributed by atoms with Crippen molar-refractivity contribution < 1.29 is 9.32 Å². The lowest BCUT2D eigenvalue weighted by Crippen LogP contribution is -2.36. The van der Waals surface area contributed by atoms with Gasteiger partial charge in [0.05, 0.1) is 22.4 Å². The zero-order valence-electron chi connectivity index (χ0n) is 12.9. The fourth-order valence-electron chi connectivity index (χ4n) is 2.18. The molecule has 0 saturated heterocycles. The van der Waals surface area contributed by atoms with Crippen molar-refractivity contribution in [3.05, 3.63) is 32.6 Å². The molecule has 0 aliphatic heterocycles. The number of hydrogen-bond donors (Lipinski definition) is 2. The maximum atomic E-state index is 12.0. The lowest BCUT2D eigenvalue weighted by Gasteiger charge is -2.13. The fraction of sp³-hybridized carbons (Fsp3) is 0.500. The van der Waals surface area contributed by atoms with Gasteiger partial charge in [0, 0.05) is 17.0 Å². The van der Waals surface area contributed by atoms with Gasteiger partial charge in [0.2, 0.25) is 0 Å². The van der Waals surface area contributed by atoms with Crippen LogP contribution >= 0.6 is 11.3 Å². The Morgan fingerprint density at radius 2 is 2.00 bits per heavy atom. The predicted molar refractivity (Wildman–Crippen MR) is 81.4 cm³/mol. The van der Waals surface area contributed by atoms with Crippen LogP contribution in [0.15, 0.2) is 4.52 Å². The topological polar surface area (TPSA) is 80.0 Å². The highest BCUT2D eigenvalue weighted by atomic mass is 32.1. The van der Waals surface area contributed by atoms with Crippen molar-refractivity contribution in [1.29, 1.82) is 0 Å². The summed E-state index contributed by atoms with van der Waals surface area (Å²) < 4.78 is 5.07. The number of aryl methyl sites for hydroxylation is 4. The summed E-state index contributed by atoms with van der Waals surface area (Å²) in [6.07, 6.45) is 0. The van der Waals surface area contributed by atoms with Crippen LogP contribution < -0.4 is 10.6 Å². The van der Waals surface area contributed by atoms with E-state index >= 15 is 0 Å². The predicted octanol–water partition coefficient (Wildman–Crippen LogP) is 2.93. The largest absolute Gasteiger partial charge is 0.361 e. The fourth-order valence-corrected chi connectivity index (χ4v) is 3.11. The van der Waals surface area contributed by atoms with Gasteiger partial charge >= 0.3 is 6.03 Å². The van der Waals surface area contributed by atoms with Crippen molar-refractivity contribution in [2.45, 2.75) is 47.2 Å². The summed E-state index contributed by atoms with van der Waals surface area (Å²) in [6, 6.07) is -0.283. The Hall–Kier alpha value is -1.89. The second-order valence-electron chi connectivity index (χ2n) is 5.03. The highest BCUT2D eigenvalue weighted by Gasteiger charge is 2.16. The number of hydrogen-bond acceptors (Lipinski definition) is 5. The summed E-state index contributed by atoms with van der Waals surface area (Å²) >= 11 is 1.61. The molecule has 2 amide bonds. The van der Waals surface area contributed by atoms with E-state index < -0.39 is 0 Å². The standard InChI is InChI=1S/C14H20N4O2S/c1-7-12(10(4)20-18-7)6-15-14(19)17-9(3)13-8(2)16-11(5)21-13/h9H,6H2,1-5H3,(H2,15,17,19)/t9-/m0/s1. The average molecular weight is 308 g/mol. The second kappa shape index (κ2) is 6.26. The minimum atomic E-state index is -0.215. The summed E-state index contributed by atoms with van der Waals surface area (Å²) in [7, 11) is 0. The Bertz CT molecular complexity index is 628. The van der Waals surface area contributed by atoms with E-state index in [1.165, 1.54) is 0 Å². The van der Waals surface area contributed by atoms with E-state index in [-0.39, 0.29) is 12.1 Å². The van der Waals surface area contributed by atoms with Crippen molar-refractivity contribution in [2.75, 3.05) is 0 Å². The number of aromatic nitrogens is 2. The van der Waals surface area contributed by atoms with Gasteiger partial charge in [-0.1, -0.05) is 5.16 Å². The van der Waals surface area contributed by atoms with Crippen LogP contribution in [0.1, 0.15) is 45.6 Å². The molecule has 0 aromatic carbocycles. The Morgan fingerprint density at radius 3 is 2.52 bits per heavy atom. The molecule has 2 aromatic heterocycles. The highest BCUT2D eigenvalue weighted by Crippen LogP contribution is 2.24. The molecule has 0 spiro atoms. The number of nitrogens with one attached hydrogen (secondary N) is 2. The number of carbonyl (C=O) groups is 1. The Labute approximate surface area is 127 Å². The van der Waals surface area contributed by atoms with Crippen molar-refractivity contribution in [3.63, 3.8) is 0 Å². The Balaban J connectivity index is 1.91. The molecule has 7 heteroatoms. The first-order valence-electron chi connectivity index (χ1n) is 6.78. The second-order valence-corrected chi connectivity index (χ2v) is 6.27. The maximum absolute atomic E-state index is 12.0. The molecular weight excluding hydrogens is 288 g/mol. The van der Waals surface area contributed by atoms with Crippen molar-refractivity contribution >= 4 is 17.4 Å². The lowest BCUT2D eigenvalue weighted by molar-refractivity contribution is 0.237. The van der Waals surface area contributed by atoms with Crippen LogP contribution in [0.25, 0.3) is 0 Å². The van der Waals surface area contributed by atoms with E-state index in [0.29, 0.717) is 6.54 Å². The summed E-state index contributed by atoms with van der Waals surface area (Å²) in [4.78, 5) is 17.4. The quantitative estimate of drug-likeness (QED) is 0.910. The molecule has 2 N–H and O–H groups in total. The molecule has 0 radical (unpaired) electrons. The molecular formula is C14H20N4O2S. The summed E-state index contributed by atoms with van der Waals surface area (Å²) in [5, 5.41) is 10.6. The smallest absolute Gasteiger partial charge is 0.315 e. The van der Waals surface area contributed by atoms with E-state index in [9.17, 15) is 4.79 Å². The van der Waals surface area contributed by atoms with Gasteiger partial charge in [0.15, 0.2) is 0 Å². The molecule has 21 heavy (non-hydrogen) atoms. The number of thiazole rings is 1. The number of urea groups is 1. The molecule has 0 bridgehead atoms. The molecule has 2 heterocycles. The maximum Gasteiger partial charge on any atom is 0.315 e. The van der Waals surface area contributed by atoms with Gasteiger partial charge in [-0.05, 0) is 34.6 Å². The first kappa shape index (κ1) is 15.5. The first-order chi connectivity index (χ1) is 9.88. The van der Waals surface area contributed by atoms with Gasteiger partial charge in [0.25, 0.3) is 0 Å². The van der Waals surface area contributed by atoms with Gasteiger partial charge in [-0.2, -0.15) is 0 Å². The normalized spacial score (nSPS) is 12.2. The van der Waals surface area contributed by atoms with Gasteiger partial charge < -0.3 is 15.2 Å². The van der Waals surface area contributed by atoms with Crippen LogP contribution in [-0.2, 0) is 6.54 Å².